The van der Waals surface area contributed by atoms with E-state index in [0.717, 1.165) is 10.9 Å². The molecule has 1 unspecified atom stereocenters. The molecule has 0 heterocycles. The molecule has 1 rings (SSSR count). The first-order valence-electron chi connectivity index (χ1n) is 7.84. The summed E-state index contributed by atoms with van der Waals surface area (Å²) in [4.78, 5) is 25.6. The van der Waals surface area contributed by atoms with Crippen molar-refractivity contribution in [1.29, 1.82) is 0 Å². The lowest BCUT2D eigenvalue weighted by molar-refractivity contribution is -0.129. The summed E-state index contributed by atoms with van der Waals surface area (Å²) in [5.74, 6) is 0.246. The number of benzene rings is 1. The van der Waals surface area contributed by atoms with Gasteiger partial charge in [-0.25, -0.2) is 0 Å². The molecule has 24 heavy (non-hydrogen) atoms. The van der Waals surface area contributed by atoms with E-state index in [4.69, 9.17) is 5.73 Å². The first kappa shape index (κ1) is 22.9. The zero-order valence-corrected chi connectivity index (χ0v) is 16.8. The van der Waals surface area contributed by atoms with Crippen molar-refractivity contribution in [2.24, 2.45) is 11.7 Å². The average molecular weight is 421 g/mol. The van der Waals surface area contributed by atoms with Gasteiger partial charge in [-0.2, -0.15) is 0 Å². The molecule has 0 fully saturated rings. The van der Waals surface area contributed by atoms with Crippen molar-refractivity contribution < 1.29 is 9.59 Å². The molecule has 0 radical (unpaired) electrons. The molecule has 0 spiro atoms. The highest BCUT2D eigenvalue weighted by molar-refractivity contribution is 9.10. The number of rotatable bonds is 8. The van der Waals surface area contributed by atoms with E-state index < -0.39 is 0 Å². The lowest BCUT2D eigenvalue weighted by atomic mass is 10.0. The maximum atomic E-state index is 12.0. The Labute approximate surface area is 158 Å². The first-order chi connectivity index (χ1) is 10.8. The van der Waals surface area contributed by atoms with E-state index in [1.807, 2.05) is 12.1 Å². The van der Waals surface area contributed by atoms with E-state index in [1.165, 1.54) is 0 Å². The smallest absolute Gasteiger partial charge is 0.251 e. The second kappa shape index (κ2) is 11.4. The summed E-state index contributed by atoms with van der Waals surface area (Å²) in [6.07, 6.45) is 1.07. The Morgan fingerprint density at radius 2 is 1.83 bits per heavy atom. The van der Waals surface area contributed by atoms with Crippen molar-refractivity contribution in [1.82, 2.24) is 10.2 Å². The molecular formula is C17H27BrClN3O2. The van der Waals surface area contributed by atoms with Crippen LogP contribution in [0.3, 0.4) is 0 Å². The number of nitrogens with one attached hydrogen (secondary N) is 1. The Kier molecular flexibility index (Phi) is 10.9. The first-order valence-corrected chi connectivity index (χ1v) is 8.64. The van der Waals surface area contributed by atoms with Gasteiger partial charge in [-0.05, 0) is 36.6 Å². The number of carbonyl (C=O) groups is 2. The summed E-state index contributed by atoms with van der Waals surface area (Å²) >= 11 is 3.33. The molecule has 0 saturated heterocycles. The molecule has 3 N–H and O–H groups in total. The van der Waals surface area contributed by atoms with Crippen LogP contribution >= 0.6 is 28.3 Å². The normalized spacial score (nSPS) is 11.6. The molecular weight excluding hydrogens is 394 g/mol. The molecule has 1 atom stereocenters. The van der Waals surface area contributed by atoms with Crippen LogP contribution in [0, 0.1) is 5.92 Å². The standard InChI is InChI=1S/C17H26BrN3O2.ClH/c1-12(2)15(19)9-11-21(3)16(22)8-10-20-17(23)13-4-6-14(18)7-5-13;/h4-7,12,15H,8-11,19H2,1-3H3,(H,20,23);1H. The monoisotopic (exact) mass is 419 g/mol. The minimum absolute atomic E-state index is 0. The Balaban J connectivity index is 0.00000529. The van der Waals surface area contributed by atoms with Crippen molar-refractivity contribution in [2.45, 2.75) is 32.7 Å². The van der Waals surface area contributed by atoms with Gasteiger partial charge in [0.05, 0.1) is 0 Å². The van der Waals surface area contributed by atoms with Crippen LogP contribution < -0.4 is 11.1 Å². The van der Waals surface area contributed by atoms with Crippen LogP contribution in [0.25, 0.3) is 0 Å². The molecule has 0 aromatic heterocycles. The summed E-state index contributed by atoms with van der Waals surface area (Å²) in [7, 11) is 1.77. The number of nitrogens with zero attached hydrogens (tertiary/aromatic N) is 1. The second-order valence-corrected chi connectivity index (χ2v) is 6.94. The summed E-state index contributed by atoms with van der Waals surface area (Å²) < 4.78 is 0.922. The SMILES string of the molecule is CC(C)C(N)CCN(C)C(=O)CCNC(=O)c1ccc(Br)cc1.Cl. The van der Waals surface area contributed by atoms with Gasteiger partial charge in [-0.15, -0.1) is 12.4 Å². The summed E-state index contributed by atoms with van der Waals surface area (Å²) in [5, 5.41) is 2.76. The minimum Gasteiger partial charge on any atom is -0.352 e. The van der Waals surface area contributed by atoms with Gasteiger partial charge < -0.3 is 16.0 Å². The van der Waals surface area contributed by atoms with Crippen LogP contribution in [0.1, 0.15) is 37.0 Å². The Hall–Kier alpha value is -1.11. The quantitative estimate of drug-likeness (QED) is 0.679. The van der Waals surface area contributed by atoms with Crippen molar-refractivity contribution >= 4 is 40.2 Å². The van der Waals surface area contributed by atoms with Gasteiger partial charge in [-0.1, -0.05) is 29.8 Å². The third-order valence-electron chi connectivity index (χ3n) is 3.81. The molecule has 5 nitrogen and oxygen atoms in total. The number of nitrogens with two attached hydrogens (primary N) is 1. The predicted molar refractivity (Wildman–Crippen MR) is 103 cm³/mol. The fourth-order valence-electron chi connectivity index (χ4n) is 1.98. The maximum absolute atomic E-state index is 12.0. The zero-order chi connectivity index (χ0) is 17.4. The highest BCUT2D eigenvalue weighted by Gasteiger charge is 2.13. The van der Waals surface area contributed by atoms with Crippen molar-refractivity contribution in [3.05, 3.63) is 34.3 Å². The zero-order valence-electron chi connectivity index (χ0n) is 14.4. The third kappa shape index (κ3) is 8.13. The molecule has 0 aliphatic heterocycles. The number of hydrogen-bond donors (Lipinski definition) is 2. The molecule has 0 saturated carbocycles. The largest absolute Gasteiger partial charge is 0.352 e. The van der Waals surface area contributed by atoms with E-state index in [-0.39, 0.29) is 36.7 Å². The summed E-state index contributed by atoms with van der Waals surface area (Å²) in [6, 6.07) is 7.20. The Morgan fingerprint density at radius 1 is 1.25 bits per heavy atom. The van der Waals surface area contributed by atoms with Gasteiger partial charge in [0.1, 0.15) is 0 Å². The van der Waals surface area contributed by atoms with Gasteiger partial charge in [0, 0.05) is 42.6 Å². The molecule has 1 aromatic carbocycles. The predicted octanol–water partition coefficient (Wildman–Crippen LogP) is 2.82. The van der Waals surface area contributed by atoms with Crippen LogP contribution in [-0.4, -0.2) is 42.9 Å². The summed E-state index contributed by atoms with van der Waals surface area (Å²) in [5.41, 5.74) is 6.56. The number of halogens is 2. The second-order valence-electron chi connectivity index (χ2n) is 6.02. The number of amides is 2. The summed E-state index contributed by atoms with van der Waals surface area (Å²) in [6.45, 7) is 5.11. The van der Waals surface area contributed by atoms with Crippen molar-refractivity contribution in [3.63, 3.8) is 0 Å². The average Bonchev–Trinajstić information content (AvgIpc) is 2.52. The molecule has 0 aliphatic rings. The van der Waals surface area contributed by atoms with Gasteiger partial charge in [0.25, 0.3) is 5.91 Å². The van der Waals surface area contributed by atoms with E-state index in [2.05, 4.69) is 35.1 Å². The van der Waals surface area contributed by atoms with E-state index in [1.54, 1.807) is 24.1 Å². The number of carbonyl (C=O) groups excluding carboxylic acids is 2. The lowest BCUT2D eigenvalue weighted by Crippen LogP contribution is -2.36. The van der Waals surface area contributed by atoms with Gasteiger partial charge >= 0.3 is 0 Å². The fourth-order valence-corrected chi connectivity index (χ4v) is 2.24. The van der Waals surface area contributed by atoms with Gasteiger partial charge in [-0.3, -0.25) is 9.59 Å². The molecule has 136 valence electrons. The van der Waals surface area contributed by atoms with Crippen LogP contribution in [0.2, 0.25) is 0 Å². The van der Waals surface area contributed by atoms with Crippen LogP contribution in [-0.2, 0) is 4.79 Å². The third-order valence-corrected chi connectivity index (χ3v) is 4.34. The van der Waals surface area contributed by atoms with E-state index in [0.29, 0.717) is 24.6 Å². The van der Waals surface area contributed by atoms with Gasteiger partial charge in [0.15, 0.2) is 0 Å². The van der Waals surface area contributed by atoms with E-state index >= 15 is 0 Å². The molecule has 2 amide bonds. The molecule has 0 aliphatic carbocycles. The minimum atomic E-state index is -0.171. The van der Waals surface area contributed by atoms with Crippen LogP contribution in [0.15, 0.2) is 28.7 Å². The van der Waals surface area contributed by atoms with Gasteiger partial charge in [0.2, 0.25) is 5.91 Å². The van der Waals surface area contributed by atoms with Crippen molar-refractivity contribution in [3.8, 4) is 0 Å². The van der Waals surface area contributed by atoms with Crippen molar-refractivity contribution in [2.75, 3.05) is 20.1 Å². The number of hydrogen-bond acceptors (Lipinski definition) is 3. The molecule has 1 aromatic rings. The highest BCUT2D eigenvalue weighted by Crippen LogP contribution is 2.10. The van der Waals surface area contributed by atoms with Crippen LogP contribution in [0.5, 0.6) is 0 Å². The molecule has 7 heteroatoms. The fraction of sp³-hybridized carbons (Fsp3) is 0.529. The lowest BCUT2D eigenvalue weighted by Gasteiger charge is -2.21. The van der Waals surface area contributed by atoms with E-state index in [9.17, 15) is 9.59 Å². The maximum Gasteiger partial charge on any atom is 0.251 e. The molecule has 0 bridgehead atoms. The highest BCUT2D eigenvalue weighted by atomic mass is 79.9. The topological polar surface area (TPSA) is 75.4 Å². The Bertz CT molecular complexity index is 523. The Morgan fingerprint density at radius 3 is 2.38 bits per heavy atom. The van der Waals surface area contributed by atoms with Crippen LogP contribution in [0.4, 0.5) is 0 Å².